The zero-order valence-corrected chi connectivity index (χ0v) is 21.4. The minimum Gasteiger partial charge on any atom is -0.487 e. The van der Waals surface area contributed by atoms with E-state index in [4.69, 9.17) is 22.1 Å². The minimum atomic E-state index is -4.17. The number of benzene rings is 2. The second kappa shape index (κ2) is 10.9. The highest BCUT2D eigenvalue weighted by Gasteiger charge is 2.39. The highest BCUT2D eigenvalue weighted by atomic mass is 32.2. The normalized spacial score (nSPS) is 18.5. The van der Waals surface area contributed by atoms with Crippen molar-refractivity contribution in [3.63, 3.8) is 0 Å². The molecule has 13 heteroatoms. The highest BCUT2D eigenvalue weighted by molar-refractivity contribution is 7.89. The van der Waals surface area contributed by atoms with Crippen molar-refractivity contribution in [2.45, 2.75) is 57.1 Å². The second-order valence-electron chi connectivity index (χ2n) is 8.66. The Hall–Kier alpha value is -3.42. The van der Waals surface area contributed by atoms with E-state index in [9.17, 15) is 18.0 Å². The summed E-state index contributed by atoms with van der Waals surface area (Å²) in [5.41, 5.74) is 2.53. The van der Waals surface area contributed by atoms with Crippen LogP contribution in [0.25, 0.3) is 11.0 Å². The van der Waals surface area contributed by atoms with Gasteiger partial charge in [-0.3, -0.25) is 9.59 Å². The van der Waals surface area contributed by atoms with Crippen LogP contribution < -0.4 is 20.2 Å². The first-order chi connectivity index (χ1) is 17.6. The third-order valence-electron chi connectivity index (χ3n) is 5.58. The van der Waals surface area contributed by atoms with E-state index in [-0.39, 0.29) is 29.6 Å². The van der Waals surface area contributed by atoms with Crippen LogP contribution in [0.15, 0.2) is 47.6 Å². The van der Waals surface area contributed by atoms with Crippen molar-refractivity contribution in [1.29, 1.82) is 0 Å². The van der Waals surface area contributed by atoms with Crippen molar-refractivity contribution < 1.29 is 32.2 Å². The number of anilines is 1. The number of imidazole rings is 1. The van der Waals surface area contributed by atoms with Crippen LogP contribution in [0.2, 0.25) is 0 Å². The number of esters is 1. The summed E-state index contributed by atoms with van der Waals surface area (Å²) in [5, 5.41) is 2.63. The smallest absolute Gasteiger partial charge is 0.310 e. The fourth-order valence-electron chi connectivity index (χ4n) is 4.07. The van der Waals surface area contributed by atoms with Gasteiger partial charge < -0.3 is 24.1 Å². The molecule has 3 aromatic rings. The molecule has 1 saturated heterocycles. The summed E-state index contributed by atoms with van der Waals surface area (Å²) in [6.07, 6.45) is -0.0394. The first kappa shape index (κ1) is 26.6. The number of amides is 1. The molecule has 1 aliphatic heterocycles. The molecule has 3 atom stereocenters. The van der Waals surface area contributed by atoms with E-state index in [1.807, 2.05) is 10.6 Å². The van der Waals surface area contributed by atoms with Crippen molar-refractivity contribution in [3.05, 3.63) is 42.7 Å². The first-order valence-electron chi connectivity index (χ1n) is 11.7. The predicted octanol–water partition coefficient (Wildman–Crippen LogP) is 1.21. The number of carbonyl (C=O) groups is 2. The van der Waals surface area contributed by atoms with Crippen LogP contribution in [0.3, 0.4) is 0 Å². The van der Waals surface area contributed by atoms with E-state index in [0.29, 0.717) is 17.7 Å². The molecule has 0 spiro atoms. The number of ether oxygens (including phenoxy) is 3. The zero-order chi connectivity index (χ0) is 26.7. The SMILES string of the molecule is [B]c1ccc2c(c1)ncn2C[C@@H](C)Oc1cc(NC(C)=O)ccc1S(=O)(=O)NC1CC(=O)OC1OCC. The van der Waals surface area contributed by atoms with Crippen LogP contribution in [0.4, 0.5) is 5.69 Å². The summed E-state index contributed by atoms with van der Waals surface area (Å²) in [6.45, 7) is 5.44. The van der Waals surface area contributed by atoms with Crippen molar-refractivity contribution in [1.82, 2.24) is 14.3 Å². The molecular weight excluding hydrogens is 499 g/mol. The first-order valence-corrected chi connectivity index (χ1v) is 13.2. The average Bonchev–Trinajstić information content (AvgIpc) is 3.35. The number of nitrogens with one attached hydrogen (secondary N) is 2. The summed E-state index contributed by atoms with van der Waals surface area (Å²) in [5.74, 6) is -0.859. The fourth-order valence-corrected chi connectivity index (χ4v) is 5.41. The zero-order valence-electron chi connectivity index (χ0n) is 20.6. The lowest BCUT2D eigenvalue weighted by Crippen LogP contribution is -2.41. The summed E-state index contributed by atoms with van der Waals surface area (Å²) in [4.78, 5) is 27.5. The highest BCUT2D eigenvalue weighted by Crippen LogP contribution is 2.30. The molecule has 2 unspecified atom stereocenters. The lowest BCUT2D eigenvalue weighted by Gasteiger charge is -2.22. The van der Waals surface area contributed by atoms with Gasteiger partial charge in [-0.05, 0) is 38.1 Å². The molecule has 0 bridgehead atoms. The number of hydrogen-bond acceptors (Lipinski definition) is 8. The molecule has 0 saturated carbocycles. The van der Waals surface area contributed by atoms with E-state index < -0.39 is 34.4 Å². The maximum absolute atomic E-state index is 13.4. The topological polar surface area (TPSA) is 138 Å². The van der Waals surface area contributed by atoms with Gasteiger partial charge in [-0.15, -0.1) is 0 Å². The number of hydrogen-bond donors (Lipinski definition) is 2. The number of nitrogens with zero attached hydrogens (tertiary/aromatic N) is 2. The van der Waals surface area contributed by atoms with E-state index in [0.717, 1.165) is 11.0 Å². The molecule has 37 heavy (non-hydrogen) atoms. The number of rotatable bonds is 10. The van der Waals surface area contributed by atoms with E-state index >= 15 is 0 Å². The van der Waals surface area contributed by atoms with Gasteiger partial charge in [0.1, 0.15) is 24.6 Å². The Balaban J connectivity index is 1.60. The number of cyclic esters (lactones) is 1. The summed E-state index contributed by atoms with van der Waals surface area (Å²) in [7, 11) is 1.66. The number of carbonyl (C=O) groups excluding carboxylic acids is 2. The lowest BCUT2D eigenvalue weighted by atomic mass is 9.96. The second-order valence-corrected chi connectivity index (χ2v) is 10.3. The third kappa shape index (κ3) is 6.30. The summed E-state index contributed by atoms with van der Waals surface area (Å²) >= 11 is 0. The van der Waals surface area contributed by atoms with Crippen LogP contribution in [-0.2, 0) is 35.6 Å². The van der Waals surface area contributed by atoms with Crippen LogP contribution in [0.1, 0.15) is 27.2 Å². The maximum atomic E-state index is 13.4. The maximum Gasteiger partial charge on any atom is 0.310 e. The number of fused-ring (bicyclic) bond motifs is 1. The molecule has 1 aliphatic rings. The Morgan fingerprint density at radius 1 is 1.30 bits per heavy atom. The third-order valence-corrected chi connectivity index (χ3v) is 7.11. The van der Waals surface area contributed by atoms with Gasteiger partial charge in [0.25, 0.3) is 0 Å². The number of aromatic nitrogens is 2. The molecule has 1 aromatic heterocycles. The molecule has 1 fully saturated rings. The van der Waals surface area contributed by atoms with Gasteiger partial charge >= 0.3 is 5.97 Å². The van der Waals surface area contributed by atoms with E-state index in [2.05, 4.69) is 15.0 Å². The van der Waals surface area contributed by atoms with Gasteiger partial charge in [-0.2, -0.15) is 0 Å². The van der Waals surface area contributed by atoms with Crippen molar-refractivity contribution in [2.24, 2.45) is 0 Å². The molecule has 2 N–H and O–H groups in total. The molecule has 0 aliphatic carbocycles. The van der Waals surface area contributed by atoms with Gasteiger partial charge in [0.15, 0.2) is 0 Å². The Bertz CT molecular complexity index is 1430. The van der Waals surface area contributed by atoms with Gasteiger partial charge in [-0.1, -0.05) is 11.5 Å². The van der Waals surface area contributed by atoms with Crippen molar-refractivity contribution >= 4 is 51.9 Å². The largest absolute Gasteiger partial charge is 0.487 e. The molecule has 1 amide bonds. The quantitative estimate of drug-likeness (QED) is 0.297. The van der Waals surface area contributed by atoms with Gasteiger partial charge in [0, 0.05) is 25.3 Å². The standard InChI is InChI=1S/C24H27BN4O7S/c1-4-34-24-19(11-23(31)36-24)28-37(32,33)22-8-6-17(27-15(3)30)10-21(22)35-14(2)12-29-13-26-18-9-16(25)5-7-20(18)29/h5-10,13-14,19,24,28H,4,11-12H2,1-3H3,(H,27,30)/t14-,19?,24?/m1/s1. The van der Waals surface area contributed by atoms with E-state index in [1.165, 1.54) is 25.1 Å². The Morgan fingerprint density at radius 3 is 2.81 bits per heavy atom. The average molecular weight is 526 g/mol. The Morgan fingerprint density at radius 2 is 2.08 bits per heavy atom. The lowest BCUT2D eigenvalue weighted by molar-refractivity contribution is -0.163. The fraction of sp³-hybridized carbons (Fsp3) is 0.375. The molecule has 2 radical (unpaired) electrons. The van der Waals surface area contributed by atoms with Crippen LogP contribution in [-0.4, -0.2) is 62.7 Å². The molecule has 11 nitrogen and oxygen atoms in total. The number of sulfonamides is 1. The van der Waals surface area contributed by atoms with Crippen LogP contribution in [0, 0.1) is 0 Å². The molecule has 194 valence electrons. The summed E-state index contributed by atoms with van der Waals surface area (Å²) < 4.78 is 47.6. The van der Waals surface area contributed by atoms with Gasteiger partial charge in [0.05, 0.1) is 36.4 Å². The monoisotopic (exact) mass is 526 g/mol. The predicted molar refractivity (Wildman–Crippen MR) is 136 cm³/mol. The summed E-state index contributed by atoms with van der Waals surface area (Å²) in [6, 6.07) is 8.71. The van der Waals surface area contributed by atoms with Crippen LogP contribution >= 0.6 is 0 Å². The minimum absolute atomic E-state index is 0.0260. The molecule has 2 heterocycles. The molecule has 2 aromatic carbocycles. The van der Waals surface area contributed by atoms with E-state index in [1.54, 1.807) is 32.3 Å². The van der Waals surface area contributed by atoms with Crippen molar-refractivity contribution in [3.8, 4) is 5.75 Å². The molecule has 4 rings (SSSR count). The Kier molecular flexibility index (Phi) is 7.86. The van der Waals surface area contributed by atoms with Crippen molar-refractivity contribution in [2.75, 3.05) is 11.9 Å². The van der Waals surface area contributed by atoms with Gasteiger partial charge in [0.2, 0.25) is 22.2 Å². The van der Waals surface area contributed by atoms with Gasteiger partial charge in [-0.25, -0.2) is 18.1 Å². The molecular formula is C24H27BN4O7S. The Labute approximate surface area is 215 Å². The van der Waals surface area contributed by atoms with Crippen LogP contribution in [0.5, 0.6) is 5.75 Å².